The summed E-state index contributed by atoms with van der Waals surface area (Å²) in [6, 6.07) is 0.397. The fourth-order valence-electron chi connectivity index (χ4n) is 3.97. The Bertz CT molecular complexity index is 534. The number of carbonyl (C=O) groups excluding carboxylic acids is 1. The van der Waals surface area contributed by atoms with E-state index in [1.54, 1.807) is 18.4 Å². The van der Waals surface area contributed by atoms with E-state index < -0.39 is 0 Å². The third-order valence-corrected chi connectivity index (χ3v) is 5.88. The van der Waals surface area contributed by atoms with Gasteiger partial charge in [-0.05, 0) is 32.1 Å². The molecule has 5 nitrogen and oxygen atoms in total. The summed E-state index contributed by atoms with van der Waals surface area (Å²) in [7, 11) is 1.71. The number of nitrogens with zero attached hydrogens (tertiary/aromatic N) is 3. The molecule has 1 amide bonds. The van der Waals surface area contributed by atoms with Crippen molar-refractivity contribution in [2.75, 3.05) is 33.4 Å². The highest BCUT2D eigenvalue weighted by Gasteiger charge is 2.37. The van der Waals surface area contributed by atoms with Crippen LogP contribution in [0.15, 0.2) is 5.38 Å². The number of ether oxygens (including phenoxy) is 1. The normalized spacial score (nSPS) is 26.2. The van der Waals surface area contributed by atoms with E-state index in [1.807, 2.05) is 0 Å². The molecule has 1 aromatic heterocycles. The second kappa shape index (κ2) is 7.73. The molecular weight excluding hydrogens is 310 g/mol. The molecule has 3 rings (SSSR count). The number of amides is 1. The molecule has 2 aliphatic rings. The van der Waals surface area contributed by atoms with Crippen LogP contribution >= 0.6 is 11.3 Å². The third kappa shape index (κ3) is 4.11. The molecule has 2 aliphatic heterocycles. The first-order valence-corrected chi connectivity index (χ1v) is 9.47. The summed E-state index contributed by atoms with van der Waals surface area (Å²) in [6.07, 6.45) is 3.95. The first-order valence-electron chi connectivity index (χ1n) is 8.59. The van der Waals surface area contributed by atoms with Crippen LogP contribution in [-0.4, -0.2) is 60.1 Å². The van der Waals surface area contributed by atoms with Crippen LogP contribution in [0.25, 0.3) is 0 Å². The Morgan fingerprint density at radius 2 is 2.30 bits per heavy atom. The summed E-state index contributed by atoms with van der Waals surface area (Å²) < 4.78 is 5.20. The Labute approximate surface area is 142 Å². The zero-order valence-electron chi connectivity index (χ0n) is 14.2. The molecule has 0 aromatic carbocycles. The predicted molar refractivity (Wildman–Crippen MR) is 91.5 cm³/mol. The van der Waals surface area contributed by atoms with Crippen LogP contribution in [0.2, 0.25) is 0 Å². The minimum absolute atomic E-state index is 0.318. The van der Waals surface area contributed by atoms with Gasteiger partial charge in [0.2, 0.25) is 5.91 Å². The summed E-state index contributed by atoms with van der Waals surface area (Å²) in [6.45, 7) is 6.51. The van der Waals surface area contributed by atoms with Crippen molar-refractivity contribution >= 4 is 17.2 Å². The van der Waals surface area contributed by atoms with Gasteiger partial charge in [0.1, 0.15) is 0 Å². The van der Waals surface area contributed by atoms with Gasteiger partial charge in [0.05, 0.1) is 17.3 Å². The lowest BCUT2D eigenvalue weighted by Gasteiger charge is -2.42. The number of aryl methyl sites for hydroxylation is 1. The zero-order chi connectivity index (χ0) is 16.2. The molecule has 0 radical (unpaired) electrons. The zero-order valence-corrected chi connectivity index (χ0v) is 15.0. The number of aromatic nitrogens is 1. The monoisotopic (exact) mass is 337 g/mol. The van der Waals surface area contributed by atoms with E-state index in [4.69, 9.17) is 4.74 Å². The molecule has 0 saturated carbocycles. The van der Waals surface area contributed by atoms with Crippen LogP contribution in [-0.2, 0) is 16.1 Å². The van der Waals surface area contributed by atoms with Gasteiger partial charge in [-0.25, -0.2) is 4.98 Å². The molecule has 6 heteroatoms. The number of hydrogen-bond donors (Lipinski definition) is 0. The van der Waals surface area contributed by atoms with E-state index in [2.05, 4.69) is 27.1 Å². The Morgan fingerprint density at radius 3 is 3.04 bits per heavy atom. The summed E-state index contributed by atoms with van der Waals surface area (Å²) in [5, 5.41) is 3.31. The van der Waals surface area contributed by atoms with Gasteiger partial charge in [-0.2, -0.15) is 0 Å². The Morgan fingerprint density at radius 1 is 1.43 bits per heavy atom. The van der Waals surface area contributed by atoms with E-state index in [0.717, 1.165) is 50.4 Å². The fraction of sp³-hybridized carbons (Fsp3) is 0.765. The maximum absolute atomic E-state index is 12.4. The standard InChI is InChI=1S/C17H27N3O2S/c1-13-18-15(12-23-13)11-19-7-6-16-14(10-19)4-3-5-17(21)20(16)8-9-22-2/h12,14,16H,3-11H2,1-2H3/t14-,16+/m0/s1. The average Bonchev–Trinajstić information content (AvgIpc) is 2.87. The van der Waals surface area contributed by atoms with Crippen LogP contribution < -0.4 is 0 Å². The second-order valence-corrected chi connectivity index (χ2v) is 7.74. The number of carbonyl (C=O) groups is 1. The number of hydrogen-bond acceptors (Lipinski definition) is 5. The molecule has 23 heavy (non-hydrogen) atoms. The molecule has 0 unspecified atom stereocenters. The summed E-state index contributed by atoms with van der Waals surface area (Å²) in [5.41, 5.74) is 1.19. The minimum Gasteiger partial charge on any atom is -0.383 e. The molecule has 128 valence electrons. The smallest absolute Gasteiger partial charge is 0.222 e. The van der Waals surface area contributed by atoms with Gasteiger partial charge in [0, 0.05) is 51.1 Å². The number of piperidine rings is 1. The fourth-order valence-corrected chi connectivity index (χ4v) is 4.57. The Kier molecular flexibility index (Phi) is 5.67. The molecule has 0 bridgehead atoms. The van der Waals surface area contributed by atoms with Crippen molar-refractivity contribution in [3.8, 4) is 0 Å². The van der Waals surface area contributed by atoms with Crippen LogP contribution in [0.1, 0.15) is 36.4 Å². The van der Waals surface area contributed by atoms with E-state index in [-0.39, 0.29) is 0 Å². The van der Waals surface area contributed by atoms with Crippen molar-refractivity contribution < 1.29 is 9.53 Å². The minimum atomic E-state index is 0.318. The molecular formula is C17H27N3O2S. The largest absolute Gasteiger partial charge is 0.383 e. The van der Waals surface area contributed by atoms with Crippen LogP contribution in [0, 0.1) is 12.8 Å². The second-order valence-electron chi connectivity index (χ2n) is 6.68. The van der Waals surface area contributed by atoms with E-state index >= 15 is 0 Å². The van der Waals surface area contributed by atoms with Gasteiger partial charge < -0.3 is 9.64 Å². The van der Waals surface area contributed by atoms with Crippen LogP contribution in [0.3, 0.4) is 0 Å². The lowest BCUT2D eigenvalue weighted by Crippen LogP contribution is -2.52. The number of fused-ring (bicyclic) bond motifs is 1. The Balaban J connectivity index is 1.64. The molecule has 0 N–H and O–H groups in total. The van der Waals surface area contributed by atoms with E-state index in [1.165, 1.54) is 5.69 Å². The first-order chi connectivity index (χ1) is 11.2. The molecule has 2 fully saturated rings. The van der Waals surface area contributed by atoms with Crippen molar-refractivity contribution in [1.82, 2.24) is 14.8 Å². The topological polar surface area (TPSA) is 45.7 Å². The van der Waals surface area contributed by atoms with Gasteiger partial charge in [-0.15, -0.1) is 11.3 Å². The van der Waals surface area contributed by atoms with Gasteiger partial charge in [0.25, 0.3) is 0 Å². The summed E-state index contributed by atoms with van der Waals surface area (Å²) in [4.78, 5) is 21.6. The highest BCUT2D eigenvalue weighted by atomic mass is 32.1. The van der Waals surface area contributed by atoms with Crippen molar-refractivity contribution in [3.05, 3.63) is 16.1 Å². The van der Waals surface area contributed by atoms with Crippen LogP contribution in [0.4, 0.5) is 0 Å². The lowest BCUT2D eigenvalue weighted by molar-refractivity contribution is -0.135. The molecule has 1 aromatic rings. The number of thiazole rings is 1. The first kappa shape index (κ1) is 16.9. The quantitative estimate of drug-likeness (QED) is 0.827. The molecule has 2 atom stereocenters. The average molecular weight is 337 g/mol. The Hall–Kier alpha value is -0.980. The summed E-state index contributed by atoms with van der Waals surface area (Å²) >= 11 is 1.72. The van der Waals surface area contributed by atoms with Gasteiger partial charge in [-0.1, -0.05) is 0 Å². The lowest BCUT2D eigenvalue weighted by atomic mass is 9.88. The number of rotatable bonds is 5. The number of likely N-dealkylation sites (tertiary alicyclic amines) is 2. The summed E-state index contributed by atoms with van der Waals surface area (Å²) in [5.74, 6) is 0.907. The highest BCUT2D eigenvalue weighted by Crippen LogP contribution is 2.31. The maximum Gasteiger partial charge on any atom is 0.222 e. The van der Waals surface area contributed by atoms with E-state index in [9.17, 15) is 4.79 Å². The maximum atomic E-state index is 12.4. The van der Waals surface area contributed by atoms with Gasteiger partial charge >= 0.3 is 0 Å². The number of methoxy groups -OCH3 is 1. The van der Waals surface area contributed by atoms with E-state index in [0.29, 0.717) is 30.9 Å². The van der Waals surface area contributed by atoms with Crippen molar-refractivity contribution in [3.63, 3.8) is 0 Å². The van der Waals surface area contributed by atoms with Gasteiger partial charge in [0.15, 0.2) is 0 Å². The molecule has 0 spiro atoms. The molecule has 0 aliphatic carbocycles. The molecule has 2 saturated heterocycles. The van der Waals surface area contributed by atoms with Crippen LogP contribution in [0.5, 0.6) is 0 Å². The van der Waals surface area contributed by atoms with Crippen molar-refractivity contribution in [2.45, 2.75) is 45.2 Å². The third-order valence-electron chi connectivity index (χ3n) is 5.05. The van der Waals surface area contributed by atoms with Gasteiger partial charge in [-0.3, -0.25) is 9.69 Å². The van der Waals surface area contributed by atoms with Crippen molar-refractivity contribution in [1.29, 1.82) is 0 Å². The SMILES string of the molecule is COCCN1C(=O)CCC[C@H]2CN(Cc3csc(C)n3)CC[C@H]21. The molecule has 3 heterocycles. The van der Waals surface area contributed by atoms with Crippen molar-refractivity contribution in [2.24, 2.45) is 5.92 Å². The predicted octanol–water partition coefficient (Wildman–Crippen LogP) is 2.30. The highest BCUT2D eigenvalue weighted by molar-refractivity contribution is 7.09.